The van der Waals surface area contributed by atoms with Gasteiger partial charge in [0.1, 0.15) is 5.00 Å². The van der Waals surface area contributed by atoms with Gasteiger partial charge in [-0.15, -0.1) is 11.3 Å². The van der Waals surface area contributed by atoms with Gasteiger partial charge in [0, 0.05) is 24.0 Å². The summed E-state index contributed by atoms with van der Waals surface area (Å²) in [5.74, 6) is -0.353. The molecule has 3 rings (SSSR count). The van der Waals surface area contributed by atoms with Gasteiger partial charge in [-0.25, -0.2) is 4.79 Å². The monoisotopic (exact) mass is 428 g/mol. The number of nitrogens with zero attached hydrogens (tertiary/aromatic N) is 2. The van der Waals surface area contributed by atoms with Crippen molar-refractivity contribution >= 4 is 39.6 Å². The number of nitrogens with one attached hydrogen (secondary N) is 2. The third-order valence-electron chi connectivity index (χ3n) is 4.32. The molecule has 0 bridgehead atoms. The fourth-order valence-electron chi connectivity index (χ4n) is 2.82. The number of hydrogen-bond donors (Lipinski definition) is 2. The van der Waals surface area contributed by atoms with Crippen LogP contribution in [0.4, 0.5) is 5.00 Å². The molecule has 29 heavy (non-hydrogen) atoms. The number of carbonyl (C=O) groups is 1. The highest BCUT2D eigenvalue weighted by Gasteiger charge is 2.18. The minimum Gasteiger partial charge on any atom is -0.462 e. The predicted octanol–water partition coefficient (Wildman–Crippen LogP) is 4.04. The number of benzene rings is 1. The van der Waals surface area contributed by atoms with E-state index in [2.05, 4.69) is 27.9 Å². The second-order valence-electron chi connectivity index (χ2n) is 6.55. The van der Waals surface area contributed by atoms with Crippen LogP contribution >= 0.6 is 23.6 Å². The van der Waals surface area contributed by atoms with Crippen molar-refractivity contribution in [1.29, 1.82) is 0 Å². The second kappa shape index (κ2) is 9.67. The molecule has 0 saturated heterocycles. The Kier molecular flexibility index (Phi) is 7.00. The molecule has 1 aromatic carbocycles. The van der Waals surface area contributed by atoms with Gasteiger partial charge in [-0.05, 0) is 43.8 Å². The molecule has 0 spiro atoms. The van der Waals surface area contributed by atoms with E-state index in [1.165, 1.54) is 16.9 Å². The normalized spacial score (nSPS) is 10.6. The number of esters is 1. The van der Waals surface area contributed by atoms with Crippen molar-refractivity contribution in [2.45, 2.75) is 26.8 Å². The number of aryl methyl sites for hydroxylation is 2. The van der Waals surface area contributed by atoms with Gasteiger partial charge in [0.2, 0.25) is 0 Å². The van der Waals surface area contributed by atoms with E-state index in [0.29, 0.717) is 28.8 Å². The Morgan fingerprint density at radius 1 is 1.28 bits per heavy atom. The number of hydrogen-bond acceptors (Lipinski definition) is 5. The van der Waals surface area contributed by atoms with E-state index in [1.807, 2.05) is 49.0 Å². The van der Waals surface area contributed by atoms with Gasteiger partial charge < -0.3 is 15.4 Å². The summed E-state index contributed by atoms with van der Waals surface area (Å²) in [7, 11) is 1.90. The number of anilines is 1. The third-order valence-corrected chi connectivity index (χ3v) is 5.62. The van der Waals surface area contributed by atoms with Crippen LogP contribution in [0.15, 0.2) is 42.5 Å². The van der Waals surface area contributed by atoms with Crippen LogP contribution in [0.3, 0.4) is 0 Å². The molecule has 0 fully saturated rings. The first kappa shape index (κ1) is 21.0. The highest BCUT2D eigenvalue weighted by atomic mass is 32.1. The Labute approximate surface area is 179 Å². The Morgan fingerprint density at radius 3 is 2.69 bits per heavy atom. The average molecular weight is 429 g/mol. The van der Waals surface area contributed by atoms with Gasteiger partial charge in [-0.1, -0.05) is 30.3 Å². The fraction of sp³-hybridized carbons (Fsp3) is 0.286. The van der Waals surface area contributed by atoms with Gasteiger partial charge in [0.25, 0.3) is 0 Å². The zero-order valence-corrected chi connectivity index (χ0v) is 18.3. The van der Waals surface area contributed by atoms with E-state index in [4.69, 9.17) is 17.0 Å². The largest absolute Gasteiger partial charge is 0.462 e. The number of carbonyl (C=O) groups excluding carboxylic acids is 1. The van der Waals surface area contributed by atoms with E-state index >= 15 is 0 Å². The topological polar surface area (TPSA) is 68.2 Å². The maximum Gasteiger partial charge on any atom is 0.341 e. The highest BCUT2D eigenvalue weighted by molar-refractivity contribution is 7.80. The SMILES string of the molecule is CCOC(=O)c1cc(Cc2ccccc2)sc1NC(=S)NCc1cc(C)n(C)n1. The summed E-state index contributed by atoms with van der Waals surface area (Å²) in [6, 6.07) is 14.0. The number of rotatable bonds is 7. The van der Waals surface area contributed by atoms with Gasteiger partial charge in [0.15, 0.2) is 5.11 Å². The van der Waals surface area contributed by atoms with Crippen LogP contribution in [0.5, 0.6) is 0 Å². The lowest BCUT2D eigenvalue weighted by atomic mass is 10.1. The van der Waals surface area contributed by atoms with Crippen molar-refractivity contribution in [3.05, 3.63) is 69.9 Å². The Bertz CT molecular complexity index is 976. The number of ether oxygens (including phenoxy) is 1. The lowest BCUT2D eigenvalue weighted by molar-refractivity contribution is 0.0528. The van der Waals surface area contributed by atoms with Crippen LogP contribution in [0.25, 0.3) is 0 Å². The highest BCUT2D eigenvalue weighted by Crippen LogP contribution is 2.30. The number of thiophene rings is 1. The number of thiocarbonyl (C=S) groups is 1. The first-order chi connectivity index (χ1) is 14.0. The smallest absolute Gasteiger partial charge is 0.341 e. The van der Waals surface area contributed by atoms with Gasteiger partial charge in [-0.3, -0.25) is 4.68 Å². The molecule has 0 unspecified atom stereocenters. The molecular formula is C21H24N4O2S2. The molecule has 0 aliphatic heterocycles. The lowest BCUT2D eigenvalue weighted by Crippen LogP contribution is -2.28. The van der Waals surface area contributed by atoms with E-state index in [9.17, 15) is 4.79 Å². The fourth-order valence-corrected chi connectivity index (χ4v) is 4.14. The molecule has 6 nitrogen and oxygen atoms in total. The van der Waals surface area contributed by atoms with Crippen molar-refractivity contribution in [2.24, 2.45) is 7.05 Å². The molecule has 2 N–H and O–H groups in total. The summed E-state index contributed by atoms with van der Waals surface area (Å²) in [6.07, 6.45) is 0.743. The van der Waals surface area contributed by atoms with Crippen molar-refractivity contribution in [3.8, 4) is 0 Å². The molecule has 0 amide bonds. The summed E-state index contributed by atoms with van der Waals surface area (Å²) < 4.78 is 7.03. The minimum atomic E-state index is -0.353. The molecule has 0 aliphatic carbocycles. The van der Waals surface area contributed by atoms with Gasteiger partial charge in [0.05, 0.1) is 24.4 Å². The Balaban J connectivity index is 1.71. The van der Waals surface area contributed by atoms with Crippen LogP contribution in [0, 0.1) is 6.92 Å². The van der Waals surface area contributed by atoms with Crippen LogP contribution in [0.2, 0.25) is 0 Å². The predicted molar refractivity (Wildman–Crippen MR) is 121 cm³/mol. The van der Waals surface area contributed by atoms with E-state index < -0.39 is 0 Å². The summed E-state index contributed by atoms with van der Waals surface area (Å²) in [4.78, 5) is 13.5. The quantitative estimate of drug-likeness (QED) is 0.437. The number of aromatic nitrogens is 2. The molecule has 0 aliphatic rings. The first-order valence-electron chi connectivity index (χ1n) is 9.34. The maximum atomic E-state index is 12.4. The second-order valence-corrected chi connectivity index (χ2v) is 8.09. The lowest BCUT2D eigenvalue weighted by Gasteiger charge is -2.09. The summed E-state index contributed by atoms with van der Waals surface area (Å²) >= 11 is 6.93. The molecule has 0 radical (unpaired) electrons. The zero-order chi connectivity index (χ0) is 20.8. The van der Waals surface area contributed by atoms with E-state index in [0.717, 1.165) is 22.7 Å². The van der Waals surface area contributed by atoms with E-state index in [-0.39, 0.29) is 5.97 Å². The molecule has 3 aromatic rings. The summed E-state index contributed by atoms with van der Waals surface area (Å²) in [5, 5.41) is 11.8. The van der Waals surface area contributed by atoms with Crippen LogP contribution in [0.1, 0.15) is 39.1 Å². The zero-order valence-electron chi connectivity index (χ0n) is 16.7. The average Bonchev–Trinajstić information content (AvgIpc) is 3.23. The Hall–Kier alpha value is -2.71. The van der Waals surface area contributed by atoms with Crippen molar-refractivity contribution in [2.75, 3.05) is 11.9 Å². The summed E-state index contributed by atoms with van der Waals surface area (Å²) in [6.45, 7) is 4.62. The molecule has 0 saturated carbocycles. The van der Waals surface area contributed by atoms with Crippen molar-refractivity contribution in [3.63, 3.8) is 0 Å². The van der Waals surface area contributed by atoms with E-state index in [1.54, 1.807) is 6.92 Å². The maximum absolute atomic E-state index is 12.4. The Morgan fingerprint density at radius 2 is 2.03 bits per heavy atom. The standard InChI is InChI=1S/C21H24N4O2S2/c1-4-27-20(26)18-12-17(11-15-8-6-5-7-9-15)29-19(18)23-21(28)22-13-16-10-14(2)25(3)24-16/h5-10,12H,4,11,13H2,1-3H3,(H2,22,23,28). The summed E-state index contributed by atoms with van der Waals surface area (Å²) in [5.41, 5.74) is 3.66. The van der Waals surface area contributed by atoms with Gasteiger partial charge in [-0.2, -0.15) is 5.10 Å². The van der Waals surface area contributed by atoms with Crippen LogP contribution in [-0.4, -0.2) is 27.5 Å². The van der Waals surface area contributed by atoms with Crippen LogP contribution < -0.4 is 10.6 Å². The molecule has 2 aromatic heterocycles. The molecule has 0 atom stereocenters. The molecule has 8 heteroatoms. The molecule has 2 heterocycles. The molecular weight excluding hydrogens is 404 g/mol. The third kappa shape index (κ3) is 5.65. The minimum absolute atomic E-state index is 0.323. The first-order valence-corrected chi connectivity index (χ1v) is 10.6. The van der Waals surface area contributed by atoms with Crippen LogP contribution in [-0.2, 0) is 24.8 Å². The van der Waals surface area contributed by atoms with Gasteiger partial charge >= 0.3 is 5.97 Å². The van der Waals surface area contributed by atoms with Crippen molar-refractivity contribution < 1.29 is 9.53 Å². The molecule has 152 valence electrons. The van der Waals surface area contributed by atoms with Crippen molar-refractivity contribution in [1.82, 2.24) is 15.1 Å².